The van der Waals surface area contributed by atoms with Crippen LogP contribution >= 0.6 is 0 Å². The van der Waals surface area contributed by atoms with Crippen LogP contribution < -0.4 is 10.2 Å². The van der Waals surface area contributed by atoms with E-state index in [1.807, 2.05) is 44.1 Å². The Morgan fingerprint density at radius 3 is 2.52 bits per heavy atom. The maximum Gasteiger partial charge on any atom is 0.227 e. The predicted octanol–water partition coefficient (Wildman–Crippen LogP) is 3.80. The fraction of sp³-hybridized carbons (Fsp3) is 0.652. The molecule has 1 heterocycles. The third-order valence-corrected chi connectivity index (χ3v) is 6.02. The van der Waals surface area contributed by atoms with Crippen LogP contribution in [0.25, 0.3) is 0 Å². The van der Waals surface area contributed by atoms with Crippen LogP contribution in [0.5, 0.6) is 0 Å². The fourth-order valence-corrected chi connectivity index (χ4v) is 4.38. The summed E-state index contributed by atoms with van der Waals surface area (Å²) < 4.78 is 5.77. The molecule has 0 radical (unpaired) electrons. The second kappa shape index (κ2) is 10.1. The van der Waals surface area contributed by atoms with Gasteiger partial charge >= 0.3 is 0 Å². The molecule has 0 aromatic heterocycles. The third-order valence-electron chi connectivity index (χ3n) is 6.02. The minimum Gasteiger partial charge on any atom is -0.377 e. The van der Waals surface area contributed by atoms with Gasteiger partial charge in [-0.05, 0) is 49.4 Å². The molecule has 1 saturated heterocycles. The summed E-state index contributed by atoms with van der Waals surface area (Å²) in [5.41, 5.74) is 2.91. The molecule has 0 bridgehead atoms. The summed E-state index contributed by atoms with van der Waals surface area (Å²) in [5.74, 6) is 0.377. The number of amides is 2. The molecule has 2 fully saturated rings. The summed E-state index contributed by atoms with van der Waals surface area (Å²) in [6.45, 7) is 3.83. The van der Waals surface area contributed by atoms with Crippen molar-refractivity contribution in [2.75, 3.05) is 37.5 Å². The van der Waals surface area contributed by atoms with Crippen LogP contribution in [-0.4, -0.2) is 50.1 Å². The lowest BCUT2D eigenvalue weighted by atomic mass is 10.1. The fourth-order valence-electron chi connectivity index (χ4n) is 4.38. The Bertz CT molecular complexity index is 707. The van der Waals surface area contributed by atoms with Crippen molar-refractivity contribution >= 4 is 23.2 Å². The molecule has 2 aliphatic rings. The number of carbonyl (C=O) groups is 2. The molecule has 160 valence electrons. The molecule has 1 atom stereocenters. The molecule has 1 unspecified atom stereocenters. The van der Waals surface area contributed by atoms with Crippen LogP contribution in [0.2, 0.25) is 0 Å². The summed E-state index contributed by atoms with van der Waals surface area (Å²) in [6, 6.07) is 6.01. The number of rotatable bonds is 8. The number of nitrogens with zero attached hydrogens (tertiary/aromatic N) is 2. The van der Waals surface area contributed by atoms with Crippen molar-refractivity contribution in [2.45, 2.75) is 64.5 Å². The summed E-state index contributed by atoms with van der Waals surface area (Å²) in [5, 5.41) is 3.09. The van der Waals surface area contributed by atoms with Gasteiger partial charge in [0.1, 0.15) is 0 Å². The minimum atomic E-state index is 0.117. The lowest BCUT2D eigenvalue weighted by molar-refractivity contribution is -0.133. The van der Waals surface area contributed by atoms with E-state index >= 15 is 0 Å². The summed E-state index contributed by atoms with van der Waals surface area (Å²) in [4.78, 5) is 29.1. The van der Waals surface area contributed by atoms with Crippen LogP contribution in [-0.2, 0) is 20.9 Å². The Labute approximate surface area is 174 Å². The quantitative estimate of drug-likeness (QED) is 0.720. The van der Waals surface area contributed by atoms with Crippen molar-refractivity contribution < 1.29 is 14.3 Å². The molecule has 6 nitrogen and oxygen atoms in total. The van der Waals surface area contributed by atoms with Crippen molar-refractivity contribution in [1.82, 2.24) is 4.90 Å². The van der Waals surface area contributed by atoms with Crippen LogP contribution in [0.1, 0.15) is 57.4 Å². The smallest absolute Gasteiger partial charge is 0.227 e. The van der Waals surface area contributed by atoms with Gasteiger partial charge in [-0.3, -0.25) is 9.59 Å². The van der Waals surface area contributed by atoms with Crippen LogP contribution in [0.15, 0.2) is 18.2 Å². The van der Waals surface area contributed by atoms with Gasteiger partial charge in [0, 0.05) is 57.5 Å². The molecule has 1 aromatic rings. The standard InChI is InChI=1S/C23H35N3O3/c1-4-22(27)26(16-20-10-7-13-29-20)15-18-14-19(11-12-21(18)25(2)3)24-23(28)17-8-5-6-9-17/h11-12,14,17,20H,4-10,13,15-16H2,1-3H3,(H,24,28). The van der Waals surface area contributed by atoms with Crippen molar-refractivity contribution in [3.63, 3.8) is 0 Å². The number of anilines is 2. The molecule has 1 aliphatic heterocycles. The van der Waals surface area contributed by atoms with E-state index < -0.39 is 0 Å². The SMILES string of the molecule is CCC(=O)N(Cc1cc(NC(=O)C2CCCC2)ccc1N(C)C)CC1CCCO1. The van der Waals surface area contributed by atoms with E-state index in [1.165, 1.54) is 0 Å². The molecule has 1 N–H and O–H groups in total. The van der Waals surface area contributed by atoms with Crippen molar-refractivity contribution in [2.24, 2.45) is 5.92 Å². The Hall–Kier alpha value is -2.08. The highest BCUT2D eigenvalue weighted by Crippen LogP contribution is 2.29. The van der Waals surface area contributed by atoms with Gasteiger partial charge in [0.25, 0.3) is 0 Å². The van der Waals surface area contributed by atoms with E-state index in [-0.39, 0.29) is 23.8 Å². The molecule has 2 amide bonds. The zero-order valence-corrected chi connectivity index (χ0v) is 18.1. The topological polar surface area (TPSA) is 61.9 Å². The maximum atomic E-state index is 12.6. The molecule has 1 aliphatic carbocycles. The van der Waals surface area contributed by atoms with E-state index in [4.69, 9.17) is 4.74 Å². The highest BCUT2D eigenvalue weighted by molar-refractivity contribution is 5.93. The second-order valence-electron chi connectivity index (χ2n) is 8.47. The first-order valence-electron chi connectivity index (χ1n) is 11.0. The molecule has 6 heteroatoms. The molecule has 3 rings (SSSR count). The van der Waals surface area contributed by atoms with Gasteiger partial charge in [-0.1, -0.05) is 19.8 Å². The monoisotopic (exact) mass is 401 g/mol. The van der Waals surface area contributed by atoms with Gasteiger partial charge < -0.3 is 19.9 Å². The van der Waals surface area contributed by atoms with E-state index in [0.29, 0.717) is 19.5 Å². The lowest BCUT2D eigenvalue weighted by Crippen LogP contribution is -2.36. The Kier molecular flexibility index (Phi) is 7.53. The maximum absolute atomic E-state index is 12.6. The van der Waals surface area contributed by atoms with Crippen LogP contribution in [0, 0.1) is 5.92 Å². The lowest BCUT2D eigenvalue weighted by Gasteiger charge is -2.28. The first-order valence-corrected chi connectivity index (χ1v) is 11.0. The Morgan fingerprint density at radius 2 is 1.90 bits per heavy atom. The number of benzene rings is 1. The summed E-state index contributed by atoms with van der Waals surface area (Å²) in [7, 11) is 4.00. The molecule has 1 aromatic carbocycles. The van der Waals surface area contributed by atoms with Crippen LogP contribution in [0.3, 0.4) is 0 Å². The number of hydrogen-bond donors (Lipinski definition) is 1. The van der Waals surface area contributed by atoms with Crippen molar-refractivity contribution in [3.8, 4) is 0 Å². The zero-order chi connectivity index (χ0) is 20.8. The summed E-state index contributed by atoms with van der Waals surface area (Å²) >= 11 is 0. The van der Waals surface area contributed by atoms with E-state index in [1.54, 1.807) is 0 Å². The number of ether oxygens (including phenoxy) is 1. The van der Waals surface area contributed by atoms with Gasteiger partial charge in [-0.15, -0.1) is 0 Å². The molecular formula is C23H35N3O3. The Morgan fingerprint density at radius 1 is 1.14 bits per heavy atom. The normalized spacial score (nSPS) is 19.3. The van der Waals surface area contributed by atoms with E-state index in [9.17, 15) is 9.59 Å². The van der Waals surface area contributed by atoms with E-state index in [2.05, 4.69) is 10.2 Å². The Balaban J connectivity index is 1.77. The minimum absolute atomic E-state index is 0.117. The first kappa shape index (κ1) is 21.6. The average Bonchev–Trinajstić information content (AvgIpc) is 3.41. The summed E-state index contributed by atoms with van der Waals surface area (Å²) in [6.07, 6.45) is 6.90. The third kappa shape index (κ3) is 5.72. The van der Waals surface area contributed by atoms with Gasteiger partial charge in [0.2, 0.25) is 11.8 Å². The van der Waals surface area contributed by atoms with Gasteiger partial charge in [-0.25, -0.2) is 0 Å². The van der Waals surface area contributed by atoms with Crippen molar-refractivity contribution in [1.29, 1.82) is 0 Å². The molecular weight excluding hydrogens is 366 g/mol. The number of nitrogens with one attached hydrogen (secondary N) is 1. The molecule has 29 heavy (non-hydrogen) atoms. The van der Waals surface area contributed by atoms with Gasteiger partial charge in [-0.2, -0.15) is 0 Å². The number of hydrogen-bond acceptors (Lipinski definition) is 4. The first-order chi connectivity index (χ1) is 14.0. The highest BCUT2D eigenvalue weighted by atomic mass is 16.5. The zero-order valence-electron chi connectivity index (χ0n) is 18.1. The van der Waals surface area contributed by atoms with E-state index in [0.717, 1.165) is 62.1 Å². The second-order valence-corrected chi connectivity index (χ2v) is 8.47. The number of carbonyl (C=O) groups excluding carboxylic acids is 2. The average molecular weight is 402 g/mol. The predicted molar refractivity (Wildman–Crippen MR) is 116 cm³/mol. The van der Waals surface area contributed by atoms with Crippen LogP contribution in [0.4, 0.5) is 11.4 Å². The van der Waals surface area contributed by atoms with Gasteiger partial charge in [0.05, 0.1) is 6.10 Å². The molecule has 1 saturated carbocycles. The molecule has 0 spiro atoms. The van der Waals surface area contributed by atoms with Crippen molar-refractivity contribution in [3.05, 3.63) is 23.8 Å². The highest BCUT2D eigenvalue weighted by Gasteiger charge is 2.25. The largest absolute Gasteiger partial charge is 0.377 e. The van der Waals surface area contributed by atoms with Gasteiger partial charge in [0.15, 0.2) is 0 Å².